The first-order chi connectivity index (χ1) is 14.5. The lowest BCUT2D eigenvalue weighted by Crippen LogP contribution is -2.44. The summed E-state index contributed by atoms with van der Waals surface area (Å²) in [5.41, 5.74) is 5.13. The maximum atomic E-state index is 10.5. The summed E-state index contributed by atoms with van der Waals surface area (Å²) < 4.78 is 5.18. The Bertz CT molecular complexity index is 732. The van der Waals surface area contributed by atoms with Gasteiger partial charge >= 0.3 is 5.97 Å². The molecule has 2 atom stereocenters. The fourth-order valence-corrected chi connectivity index (χ4v) is 5.44. The number of aliphatic carboxylic acids is 1. The van der Waals surface area contributed by atoms with E-state index in [1.165, 1.54) is 25.7 Å². The third-order valence-electron chi connectivity index (χ3n) is 6.54. The van der Waals surface area contributed by atoms with Crippen molar-refractivity contribution in [1.82, 2.24) is 5.43 Å². The monoisotopic (exact) mass is 431 g/mol. The minimum Gasteiger partial charge on any atom is -0.480 e. The minimum absolute atomic E-state index is 0.203. The molecule has 0 aliphatic heterocycles. The summed E-state index contributed by atoms with van der Waals surface area (Å²) in [6, 6.07) is 9.85. The van der Waals surface area contributed by atoms with Crippen LogP contribution < -0.4 is 10.7 Å². The van der Waals surface area contributed by atoms with Gasteiger partial charge in [-0.2, -0.15) is 5.10 Å². The van der Waals surface area contributed by atoms with Crippen LogP contribution in [0.2, 0.25) is 0 Å². The molecule has 0 heterocycles. The van der Waals surface area contributed by atoms with E-state index in [0.717, 1.165) is 36.6 Å². The third-order valence-corrected chi connectivity index (χ3v) is 6.73. The Hall–Kier alpha value is -1.99. The zero-order chi connectivity index (χ0) is 21.3. The predicted molar refractivity (Wildman–Crippen MR) is 124 cm³/mol. The van der Waals surface area contributed by atoms with E-state index in [9.17, 15) is 4.79 Å². The van der Waals surface area contributed by atoms with E-state index in [4.69, 9.17) is 22.1 Å². The van der Waals surface area contributed by atoms with Crippen LogP contribution in [0.15, 0.2) is 35.4 Å². The quantitative estimate of drug-likeness (QED) is 0.216. The number of para-hydroxylation sites is 1. The van der Waals surface area contributed by atoms with Gasteiger partial charge in [-0.05, 0) is 87.6 Å². The maximum absolute atomic E-state index is 10.5. The molecule has 3 N–H and O–H groups in total. The van der Waals surface area contributed by atoms with Gasteiger partial charge in [-0.3, -0.25) is 5.43 Å². The molecule has 0 spiro atoms. The van der Waals surface area contributed by atoms with E-state index < -0.39 is 5.97 Å². The first-order valence-corrected chi connectivity index (χ1v) is 11.4. The van der Waals surface area contributed by atoms with Crippen molar-refractivity contribution < 1.29 is 14.6 Å². The zero-order valence-electron chi connectivity index (χ0n) is 17.7. The van der Waals surface area contributed by atoms with Gasteiger partial charge in [-0.1, -0.05) is 24.6 Å². The molecule has 6 nitrogen and oxygen atoms in total. The molecule has 3 aliphatic rings. The fourth-order valence-electron chi connectivity index (χ4n) is 5.28. The number of carbonyl (C=O) groups is 1. The molecule has 1 aromatic carbocycles. The lowest BCUT2D eigenvalue weighted by Gasteiger charge is -2.49. The van der Waals surface area contributed by atoms with E-state index in [1.807, 2.05) is 30.3 Å². The highest BCUT2D eigenvalue weighted by atomic mass is 32.1. The van der Waals surface area contributed by atoms with Gasteiger partial charge in [-0.25, -0.2) is 4.79 Å². The summed E-state index contributed by atoms with van der Waals surface area (Å²) in [6.45, 7) is 2.45. The molecule has 0 saturated heterocycles. The highest BCUT2D eigenvalue weighted by Crippen LogP contribution is 2.51. The van der Waals surface area contributed by atoms with Gasteiger partial charge < -0.3 is 15.2 Å². The van der Waals surface area contributed by atoms with Crippen molar-refractivity contribution in [3.63, 3.8) is 0 Å². The van der Waals surface area contributed by atoms with Crippen LogP contribution in [0.4, 0.5) is 5.69 Å². The van der Waals surface area contributed by atoms with Crippen molar-refractivity contribution in [3.8, 4) is 0 Å². The second kappa shape index (κ2) is 11.4. The Balaban J connectivity index is 1.52. The number of anilines is 1. The molecular formula is C23H33N3O3S. The first-order valence-electron chi connectivity index (χ1n) is 11.0. The molecule has 7 heteroatoms. The number of carboxylic acid groups (broad SMARTS) is 1. The molecule has 3 fully saturated rings. The number of fused-ring (bicyclic) bond motifs is 3. The molecule has 1 aromatic rings. The second-order valence-electron chi connectivity index (χ2n) is 8.49. The van der Waals surface area contributed by atoms with E-state index in [1.54, 1.807) is 0 Å². The summed E-state index contributed by atoms with van der Waals surface area (Å²) >= 11 is 5.40. The Morgan fingerprint density at radius 1 is 1.17 bits per heavy atom. The summed E-state index contributed by atoms with van der Waals surface area (Å²) in [5.74, 6) is 1.74. The molecule has 4 rings (SSSR count). The van der Waals surface area contributed by atoms with Gasteiger partial charge in [0.05, 0.1) is 0 Å². The van der Waals surface area contributed by atoms with Gasteiger partial charge in [0.2, 0.25) is 0 Å². The number of carboxylic acids is 1. The molecule has 2 bridgehead atoms. The van der Waals surface area contributed by atoms with Crippen LogP contribution >= 0.6 is 12.2 Å². The van der Waals surface area contributed by atoms with Gasteiger partial charge in [-0.15, -0.1) is 0 Å². The Morgan fingerprint density at radius 2 is 1.87 bits per heavy atom. The highest BCUT2D eigenvalue weighted by Gasteiger charge is 2.44. The summed E-state index contributed by atoms with van der Waals surface area (Å²) in [4.78, 5) is 10.5. The number of hydrazone groups is 1. The Kier molecular flexibility index (Phi) is 8.63. The van der Waals surface area contributed by atoms with E-state index in [0.29, 0.717) is 29.5 Å². The number of thiocarbonyl (C=S) groups is 1. The number of nitrogens with one attached hydrogen (secondary N) is 2. The number of ether oxygens (including phenoxy) is 1. The molecule has 0 unspecified atom stereocenters. The van der Waals surface area contributed by atoms with Crippen LogP contribution in [0.3, 0.4) is 0 Å². The predicted octanol–water partition coefficient (Wildman–Crippen LogP) is 4.67. The molecule has 164 valence electrons. The van der Waals surface area contributed by atoms with Crippen LogP contribution in [-0.4, -0.2) is 35.1 Å². The number of nitrogens with zero attached hydrogens (tertiary/aromatic N) is 1. The Morgan fingerprint density at radius 3 is 2.57 bits per heavy atom. The lowest BCUT2D eigenvalue weighted by atomic mass is 9.56. The first kappa shape index (κ1) is 22.7. The maximum Gasteiger partial charge on any atom is 0.329 e. The molecular weight excluding hydrogens is 398 g/mol. The van der Waals surface area contributed by atoms with Crippen molar-refractivity contribution in [2.75, 3.05) is 18.5 Å². The fraction of sp³-hybridized carbons (Fsp3) is 0.609. The van der Waals surface area contributed by atoms with Crippen LogP contribution in [0.25, 0.3) is 0 Å². The standard InChI is InChI=1S/C23H33N3O3S/c1-16(25-26-23(30)24-19-7-3-2-4-8-19)22-18-12-10-17(11-13-18)20(22)9-5-6-14-29-15-21(27)28/h2-4,7-8,17-18,20,22H,5-6,9-15H2,1H3,(H,27,28)(H2,24,26,30)/b25-16+/t17?,18?,20-,22-/m1/s1. The SMILES string of the molecule is C/C(=N\NC(=S)Nc1ccccc1)[C@@H]1C2CCC(CC2)[C@H]1CCCCOCC(=O)O. The van der Waals surface area contributed by atoms with Crippen molar-refractivity contribution >= 4 is 34.7 Å². The smallest absolute Gasteiger partial charge is 0.329 e. The van der Waals surface area contributed by atoms with Gasteiger partial charge in [0, 0.05) is 23.9 Å². The topological polar surface area (TPSA) is 83.0 Å². The summed E-state index contributed by atoms with van der Waals surface area (Å²) in [6.07, 6.45) is 8.39. The molecule has 0 aromatic heterocycles. The van der Waals surface area contributed by atoms with E-state index in [-0.39, 0.29) is 6.61 Å². The lowest BCUT2D eigenvalue weighted by molar-refractivity contribution is -0.142. The molecule has 3 saturated carbocycles. The largest absolute Gasteiger partial charge is 0.480 e. The van der Waals surface area contributed by atoms with Crippen LogP contribution in [-0.2, 0) is 9.53 Å². The van der Waals surface area contributed by atoms with Crippen LogP contribution in [0, 0.1) is 23.7 Å². The van der Waals surface area contributed by atoms with Gasteiger partial charge in [0.15, 0.2) is 5.11 Å². The summed E-state index contributed by atoms with van der Waals surface area (Å²) in [7, 11) is 0. The second-order valence-corrected chi connectivity index (χ2v) is 8.90. The van der Waals surface area contributed by atoms with Crippen molar-refractivity contribution in [3.05, 3.63) is 30.3 Å². The van der Waals surface area contributed by atoms with Gasteiger partial charge in [0.25, 0.3) is 0 Å². The molecule has 0 radical (unpaired) electrons. The van der Waals surface area contributed by atoms with Crippen LogP contribution in [0.5, 0.6) is 0 Å². The minimum atomic E-state index is -0.904. The van der Waals surface area contributed by atoms with Crippen molar-refractivity contribution in [2.45, 2.75) is 51.9 Å². The average molecular weight is 432 g/mol. The average Bonchev–Trinajstić information content (AvgIpc) is 2.75. The number of unbranched alkanes of at least 4 members (excludes halogenated alkanes) is 1. The van der Waals surface area contributed by atoms with Crippen molar-refractivity contribution in [2.24, 2.45) is 28.8 Å². The normalized spacial score (nSPS) is 25.7. The summed E-state index contributed by atoms with van der Waals surface area (Å²) in [5, 5.41) is 17.0. The number of hydrogen-bond acceptors (Lipinski definition) is 4. The molecule has 30 heavy (non-hydrogen) atoms. The number of hydrogen-bond donors (Lipinski definition) is 3. The number of rotatable bonds is 10. The Labute approximate surface area is 184 Å². The molecule has 3 aliphatic carbocycles. The molecule has 0 amide bonds. The van der Waals surface area contributed by atoms with Crippen molar-refractivity contribution in [1.29, 1.82) is 0 Å². The number of benzene rings is 1. The van der Waals surface area contributed by atoms with E-state index in [2.05, 4.69) is 22.8 Å². The van der Waals surface area contributed by atoms with E-state index >= 15 is 0 Å². The third kappa shape index (κ3) is 6.51. The highest BCUT2D eigenvalue weighted by molar-refractivity contribution is 7.80. The zero-order valence-corrected chi connectivity index (χ0v) is 18.5. The van der Waals surface area contributed by atoms with Crippen LogP contribution in [0.1, 0.15) is 51.9 Å². The van der Waals surface area contributed by atoms with Gasteiger partial charge in [0.1, 0.15) is 6.61 Å².